The highest BCUT2D eigenvalue weighted by Crippen LogP contribution is 2.34. The molecule has 2 aromatic rings. The summed E-state index contributed by atoms with van der Waals surface area (Å²) in [5, 5.41) is 5.67. The van der Waals surface area contributed by atoms with Crippen LogP contribution < -0.4 is 5.32 Å². The topological polar surface area (TPSA) is 24.9 Å². The first-order valence-corrected chi connectivity index (χ1v) is 8.44. The van der Waals surface area contributed by atoms with E-state index < -0.39 is 0 Å². The van der Waals surface area contributed by atoms with Gasteiger partial charge in [0.2, 0.25) is 0 Å². The van der Waals surface area contributed by atoms with Crippen molar-refractivity contribution in [2.24, 2.45) is 0 Å². The molecule has 3 heteroatoms. The van der Waals surface area contributed by atoms with Gasteiger partial charge in [-0.1, -0.05) is 43.7 Å². The molecule has 1 fully saturated rings. The predicted octanol–water partition coefficient (Wildman–Crippen LogP) is 5.72. The Morgan fingerprint density at radius 1 is 1.14 bits per heavy atom. The van der Waals surface area contributed by atoms with Crippen LogP contribution in [0.3, 0.4) is 0 Å². The molecule has 1 aromatic heterocycles. The molecule has 112 valence electrons. The molecular weight excluding hydrogens is 280 g/mol. The van der Waals surface area contributed by atoms with E-state index in [0.29, 0.717) is 6.04 Å². The van der Waals surface area contributed by atoms with Crippen LogP contribution in [0.2, 0.25) is 5.02 Å². The standard InChI is InChI=1S/C18H23ClN2/c1-13-12-16(19)18(15-10-7-11-20-17(13)15)21-14-8-5-3-2-4-6-9-14/h7,10-12,14,21H,2-6,8-9H2,1H3. The maximum Gasteiger partial charge on any atom is 0.0752 e. The van der Waals surface area contributed by atoms with E-state index >= 15 is 0 Å². The van der Waals surface area contributed by atoms with Gasteiger partial charge in [0.15, 0.2) is 0 Å². The zero-order valence-corrected chi connectivity index (χ0v) is 13.4. The highest BCUT2D eigenvalue weighted by molar-refractivity contribution is 6.35. The van der Waals surface area contributed by atoms with E-state index in [1.54, 1.807) is 0 Å². The lowest BCUT2D eigenvalue weighted by Crippen LogP contribution is -2.21. The number of rotatable bonds is 2. The van der Waals surface area contributed by atoms with Gasteiger partial charge in [0.05, 0.1) is 16.2 Å². The number of nitrogens with one attached hydrogen (secondary N) is 1. The molecule has 1 saturated carbocycles. The summed E-state index contributed by atoms with van der Waals surface area (Å²) in [5.74, 6) is 0. The molecule has 1 aliphatic carbocycles. The summed E-state index contributed by atoms with van der Waals surface area (Å²) >= 11 is 6.51. The predicted molar refractivity (Wildman–Crippen MR) is 91.2 cm³/mol. The van der Waals surface area contributed by atoms with Crippen LogP contribution in [0.15, 0.2) is 24.4 Å². The summed E-state index contributed by atoms with van der Waals surface area (Å²) in [7, 11) is 0. The zero-order valence-electron chi connectivity index (χ0n) is 12.7. The van der Waals surface area contributed by atoms with Gasteiger partial charge in [0, 0.05) is 17.6 Å². The lowest BCUT2D eigenvalue weighted by molar-refractivity contribution is 0.471. The lowest BCUT2D eigenvalue weighted by Gasteiger charge is -2.24. The number of fused-ring (bicyclic) bond motifs is 1. The Bertz CT molecular complexity index is 616. The second-order valence-electron chi connectivity index (χ2n) is 6.14. The molecule has 1 aliphatic rings. The van der Waals surface area contributed by atoms with Crippen molar-refractivity contribution >= 4 is 28.2 Å². The normalized spacial score (nSPS) is 17.4. The van der Waals surface area contributed by atoms with Crippen molar-refractivity contribution in [1.29, 1.82) is 0 Å². The molecule has 0 saturated heterocycles. The smallest absolute Gasteiger partial charge is 0.0752 e. The van der Waals surface area contributed by atoms with Gasteiger partial charge >= 0.3 is 0 Å². The molecule has 2 nitrogen and oxygen atoms in total. The maximum atomic E-state index is 6.51. The molecule has 21 heavy (non-hydrogen) atoms. The summed E-state index contributed by atoms with van der Waals surface area (Å²) in [6, 6.07) is 6.67. The molecule has 1 N–H and O–H groups in total. The van der Waals surface area contributed by atoms with E-state index in [0.717, 1.165) is 27.2 Å². The highest BCUT2D eigenvalue weighted by atomic mass is 35.5. The van der Waals surface area contributed by atoms with Crippen LogP contribution in [0.5, 0.6) is 0 Å². The minimum absolute atomic E-state index is 0.536. The Balaban J connectivity index is 1.92. The van der Waals surface area contributed by atoms with Gasteiger partial charge in [-0.15, -0.1) is 0 Å². The van der Waals surface area contributed by atoms with Gasteiger partial charge in [-0.25, -0.2) is 0 Å². The van der Waals surface area contributed by atoms with Crippen LogP contribution >= 0.6 is 11.6 Å². The van der Waals surface area contributed by atoms with Crippen molar-refractivity contribution in [3.63, 3.8) is 0 Å². The quantitative estimate of drug-likeness (QED) is 0.767. The summed E-state index contributed by atoms with van der Waals surface area (Å²) in [6.45, 7) is 2.07. The fraction of sp³-hybridized carbons (Fsp3) is 0.500. The average Bonchev–Trinajstić information content (AvgIpc) is 2.45. The van der Waals surface area contributed by atoms with E-state index in [-0.39, 0.29) is 0 Å². The Hall–Kier alpha value is -1.28. The summed E-state index contributed by atoms with van der Waals surface area (Å²) in [5.41, 5.74) is 3.25. The van der Waals surface area contributed by atoms with Gasteiger partial charge in [-0.05, 0) is 43.5 Å². The molecule has 3 rings (SSSR count). The van der Waals surface area contributed by atoms with Crippen molar-refractivity contribution < 1.29 is 0 Å². The third-order valence-corrected chi connectivity index (χ3v) is 4.78. The van der Waals surface area contributed by atoms with Gasteiger partial charge < -0.3 is 5.32 Å². The first-order chi connectivity index (χ1) is 10.3. The van der Waals surface area contributed by atoms with Crippen molar-refractivity contribution in [1.82, 2.24) is 4.98 Å². The molecule has 0 spiro atoms. The van der Waals surface area contributed by atoms with Gasteiger partial charge in [0.25, 0.3) is 0 Å². The number of hydrogen-bond donors (Lipinski definition) is 1. The van der Waals surface area contributed by atoms with Crippen molar-refractivity contribution in [2.75, 3.05) is 5.32 Å². The largest absolute Gasteiger partial charge is 0.381 e. The van der Waals surface area contributed by atoms with Crippen LogP contribution in [0, 0.1) is 6.92 Å². The Morgan fingerprint density at radius 2 is 1.86 bits per heavy atom. The first kappa shape index (κ1) is 14.6. The minimum atomic E-state index is 0.536. The SMILES string of the molecule is Cc1cc(Cl)c(NC2CCCCCCC2)c2cccnc12. The fourth-order valence-electron chi connectivity index (χ4n) is 3.33. The average molecular weight is 303 g/mol. The molecule has 0 unspecified atom stereocenters. The van der Waals surface area contributed by atoms with E-state index in [4.69, 9.17) is 11.6 Å². The van der Waals surface area contributed by atoms with Crippen molar-refractivity contribution in [2.45, 2.75) is 57.9 Å². The zero-order chi connectivity index (χ0) is 14.7. The van der Waals surface area contributed by atoms with Crippen LogP contribution in [0.4, 0.5) is 5.69 Å². The monoisotopic (exact) mass is 302 g/mol. The Labute approximate surface area is 131 Å². The second-order valence-corrected chi connectivity index (χ2v) is 6.54. The van der Waals surface area contributed by atoms with E-state index in [1.807, 2.05) is 18.3 Å². The van der Waals surface area contributed by atoms with E-state index in [2.05, 4.69) is 23.3 Å². The molecule has 1 aromatic carbocycles. The van der Waals surface area contributed by atoms with Crippen LogP contribution in [-0.2, 0) is 0 Å². The van der Waals surface area contributed by atoms with Crippen molar-refractivity contribution in [3.8, 4) is 0 Å². The van der Waals surface area contributed by atoms with Gasteiger partial charge in [-0.2, -0.15) is 0 Å². The van der Waals surface area contributed by atoms with Crippen LogP contribution in [0.25, 0.3) is 10.9 Å². The first-order valence-electron chi connectivity index (χ1n) is 8.06. The number of halogens is 1. The molecule has 1 heterocycles. The van der Waals surface area contributed by atoms with Crippen molar-refractivity contribution in [3.05, 3.63) is 35.0 Å². The molecule has 0 atom stereocenters. The number of aromatic nitrogens is 1. The molecule has 0 amide bonds. The number of benzene rings is 1. The van der Waals surface area contributed by atoms with Crippen LogP contribution in [0.1, 0.15) is 50.5 Å². The highest BCUT2D eigenvalue weighted by Gasteiger charge is 2.15. The Kier molecular flexibility index (Phi) is 4.64. The summed E-state index contributed by atoms with van der Waals surface area (Å²) in [4.78, 5) is 4.51. The van der Waals surface area contributed by atoms with E-state index in [9.17, 15) is 0 Å². The lowest BCUT2D eigenvalue weighted by atomic mass is 9.96. The molecule has 0 aliphatic heterocycles. The fourth-order valence-corrected chi connectivity index (χ4v) is 3.65. The molecule has 0 radical (unpaired) electrons. The molecule has 0 bridgehead atoms. The summed E-state index contributed by atoms with van der Waals surface area (Å²) < 4.78 is 0. The number of pyridine rings is 1. The van der Waals surface area contributed by atoms with Gasteiger partial charge in [-0.3, -0.25) is 4.98 Å². The number of anilines is 1. The second kappa shape index (κ2) is 6.65. The third-order valence-electron chi connectivity index (χ3n) is 4.49. The number of nitrogens with zero attached hydrogens (tertiary/aromatic N) is 1. The molecular formula is C18H23ClN2. The van der Waals surface area contributed by atoms with E-state index in [1.165, 1.54) is 44.9 Å². The van der Waals surface area contributed by atoms with Gasteiger partial charge in [0.1, 0.15) is 0 Å². The number of hydrogen-bond acceptors (Lipinski definition) is 2. The van der Waals surface area contributed by atoms with Crippen LogP contribution in [-0.4, -0.2) is 11.0 Å². The number of aryl methyl sites for hydroxylation is 1. The maximum absolute atomic E-state index is 6.51. The Morgan fingerprint density at radius 3 is 2.62 bits per heavy atom. The minimum Gasteiger partial charge on any atom is -0.381 e. The summed E-state index contributed by atoms with van der Waals surface area (Å²) in [6.07, 6.45) is 11.1. The third kappa shape index (κ3) is 3.32.